The Balaban J connectivity index is 2.67. The first-order chi connectivity index (χ1) is 10.8. The van der Waals surface area contributed by atoms with Crippen molar-refractivity contribution in [2.45, 2.75) is 27.2 Å². The van der Waals surface area contributed by atoms with Crippen LogP contribution in [0.2, 0.25) is 0 Å². The van der Waals surface area contributed by atoms with Crippen LogP contribution in [0.5, 0.6) is 0 Å². The van der Waals surface area contributed by atoms with Crippen LogP contribution >= 0.6 is 0 Å². The van der Waals surface area contributed by atoms with Crippen molar-refractivity contribution in [3.63, 3.8) is 0 Å². The van der Waals surface area contributed by atoms with E-state index in [-0.39, 0.29) is 18.2 Å². The number of hydrogen-bond acceptors (Lipinski definition) is 4. The molecule has 1 aromatic carbocycles. The van der Waals surface area contributed by atoms with Crippen molar-refractivity contribution >= 4 is 23.5 Å². The number of methoxy groups -OCH3 is 1. The number of anilines is 1. The van der Waals surface area contributed by atoms with Crippen molar-refractivity contribution in [3.05, 3.63) is 29.8 Å². The van der Waals surface area contributed by atoms with Gasteiger partial charge in [-0.25, -0.2) is 4.79 Å². The molecule has 2 amide bonds. The van der Waals surface area contributed by atoms with Gasteiger partial charge < -0.3 is 15.0 Å². The Labute approximate surface area is 136 Å². The molecule has 0 spiro atoms. The summed E-state index contributed by atoms with van der Waals surface area (Å²) in [7, 11) is 1.29. The predicted octanol–water partition coefficient (Wildman–Crippen LogP) is 2.31. The van der Waals surface area contributed by atoms with Crippen molar-refractivity contribution < 1.29 is 19.1 Å². The van der Waals surface area contributed by atoms with E-state index in [9.17, 15) is 14.4 Å². The van der Waals surface area contributed by atoms with Crippen molar-refractivity contribution in [3.8, 4) is 0 Å². The van der Waals surface area contributed by atoms with Gasteiger partial charge in [-0.3, -0.25) is 9.59 Å². The summed E-state index contributed by atoms with van der Waals surface area (Å²) < 4.78 is 4.69. The molecule has 23 heavy (non-hydrogen) atoms. The zero-order chi connectivity index (χ0) is 17.4. The molecule has 0 unspecified atom stereocenters. The molecule has 0 fully saturated rings. The van der Waals surface area contributed by atoms with E-state index in [1.807, 2.05) is 13.8 Å². The molecule has 1 N–H and O–H groups in total. The third-order valence-corrected chi connectivity index (χ3v) is 3.25. The van der Waals surface area contributed by atoms with Gasteiger partial charge in [-0.2, -0.15) is 0 Å². The van der Waals surface area contributed by atoms with Crippen molar-refractivity contribution in [1.82, 2.24) is 4.90 Å². The summed E-state index contributed by atoms with van der Waals surface area (Å²) in [5.74, 6) is -0.481. The first-order valence-corrected chi connectivity index (χ1v) is 7.57. The standard InChI is InChI=1S/C17H24N2O4/c1-12(2)11-19(13(3)20)10-9-16(21)18-15-8-6-5-7-14(15)17(22)23-4/h5-8,12H,9-11H2,1-4H3,(H,18,21). The van der Waals surface area contributed by atoms with Gasteiger partial charge in [0.15, 0.2) is 0 Å². The number of nitrogens with zero attached hydrogens (tertiary/aromatic N) is 1. The SMILES string of the molecule is COC(=O)c1ccccc1NC(=O)CCN(CC(C)C)C(C)=O. The van der Waals surface area contributed by atoms with Crippen molar-refractivity contribution in [1.29, 1.82) is 0 Å². The minimum atomic E-state index is -0.508. The zero-order valence-corrected chi connectivity index (χ0v) is 14.1. The second-order valence-corrected chi connectivity index (χ2v) is 5.69. The van der Waals surface area contributed by atoms with Gasteiger partial charge in [0.2, 0.25) is 11.8 Å². The average molecular weight is 320 g/mol. The number of para-hydroxylation sites is 1. The Morgan fingerprint density at radius 2 is 1.87 bits per heavy atom. The number of hydrogen-bond donors (Lipinski definition) is 1. The molecule has 0 aliphatic rings. The van der Waals surface area contributed by atoms with Crippen molar-refractivity contribution in [2.24, 2.45) is 5.92 Å². The monoisotopic (exact) mass is 320 g/mol. The highest BCUT2D eigenvalue weighted by Crippen LogP contribution is 2.16. The van der Waals surface area contributed by atoms with Crippen LogP contribution < -0.4 is 5.32 Å². The molecule has 0 atom stereocenters. The van der Waals surface area contributed by atoms with E-state index >= 15 is 0 Å². The van der Waals surface area contributed by atoms with Crippen LogP contribution in [0.25, 0.3) is 0 Å². The van der Waals surface area contributed by atoms with Gasteiger partial charge in [0.1, 0.15) is 0 Å². The molecule has 0 radical (unpaired) electrons. The van der Waals surface area contributed by atoms with Crippen LogP contribution in [0.1, 0.15) is 37.6 Å². The Hall–Kier alpha value is -2.37. The average Bonchev–Trinajstić information content (AvgIpc) is 2.50. The predicted molar refractivity (Wildman–Crippen MR) is 88.1 cm³/mol. The number of benzene rings is 1. The zero-order valence-electron chi connectivity index (χ0n) is 14.1. The fraction of sp³-hybridized carbons (Fsp3) is 0.471. The second kappa shape index (κ2) is 8.92. The van der Waals surface area contributed by atoms with E-state index in [4.69, 9.17) is 0 Å². The molecule has 126 valence electrons. The van der Waals surface area contributed by atoms with Crippen LogP contribution in [-0.2, 0) is 14.3 Å². The molecule has 0 bridgehead atoms. The number of rotatable bonds is 7. The Morgan fingerprint density at radius 3 is 2.43 bits per heavy atom. The molecule has 0 aliphatic heterocycles. The highest BCUT2D eigenvalue weighted by atomic mass is 16.5. The lowest BCUT2D eigenvalue weighted by Gasteiger charge is -2.22. The van der Waals surface area contributed by atoms with E-state index < -0.39 is 5.97 Å². The second-order valence-electron chi connectivity index (χ2n) is 5.69. The fourth-order valence-electron chi connectivity index (χ4n) is 2.15. The summed E-state index contributed by atoms with van der Waals surface area (Å²) in [5, 5.41) is 2.70. The van der Waals surface area contributed by atoms with Crippen LogP contribution in [0.4, 0.5) is 5.69 Å². The molecule has 6 heteroatoms. The quantitative estimate of drug-likeness (QED) is 0.782. The topological polar surface area (TPSA) is 75.7 Å². The van der Waals surface area contributed by atoms with E-state index in [0.717, 1.165) is 0 Å². The molecule has 6 nitrogen and oxygen atoms in total. The normalized spacial score (nSPS) is 10.3. The van der Waals surface area contributed by atoms with E-state index in [2.05, 4.69) is 10.1 Å². The maximum atomic E-state index is 12.1. The lowest BCUT2D eigenvalue weighted by atomic mass is 10.1. The molecule has 0 heterocycles. The Kier molecular flexibility index (Phi) is 7.25. The van der Waals surface area contributed by atoms with Crippen molar-refractivity contribution in [2.75, 3.05) is 25.5 Å². The summed E-state index contributed by atoms with van der Waals surface area (Å²) in [4.78, 5) is 37.0. The largest absolute Gasteiger partial charge is 0.465 e. The number of ether oxygens (including phenoxy) is 1. The Bertz CT molecular complexity index is 569. The summed E-state index contributed by atoms with van der Waals surface area (Å²) in [6, 6.07) is 6.65. The smallest absolute Gasteiger partial charge is 0.339 e. The number of amides is 2. The fourth-order valence-corrected chi connectivity index (χ4v) is 2.15. The first-order valence-electron chi connectivity index (χ1n) is 7.57. The molecule has 1 aromatic rings. The van der Waals surface area contributed by atoms with Gasteiger partial charge in [0, 0.05) is 26.4 Å². The number of nitrogens with one attached hydrogen (secondary N) is 1. The lowest BCUT2D eigenvalue weighted by molar-refractivity contribution is -0.129. The first kappa shape index (κ1) is 18.7. The molecule has 0 saturated carbocycles. The number of carbonyl (C=O) groups excluding carboxylic acids is 3. The highest BCUT2D eigenvalue weighted by Gasteiger charge is 2.15. The van der Waals surface area contributed by atoms with Crippen LogP contribution in [0.15, 0.2) is 24.3 Å². The lowest BCUT2D eigenvalue weighted by Crippen LogP contribution is -2.35. The molecule has 0 aliphatic carbocycles. The molecule has 0 aromatic heterocycles. The molecule has 0 saturated heterocycles. The van der Waals surface area contributed by atoms with Gasteiger partial charge in [-0.05, 0) is 18.1 Å². The van der Waals surface area contributed by atoms with Gasteiger partial charge in [-0.15, -0.1) is 0 Å². The third kappa shape index (κ3) is 6.10. The van der Waals surface area contributed by atoms with Gasteiger partial charge in [0.05, 0.1) is 18.4 Å². The third-order valence-electron chi connectivity index (χ3n) is 3.25. The highest BCUT2D eigenvalue weighted by molar-refractivity contribution is 6.01. The van der Waals surface area contributed by atoms with Crippen LogP contribution in [-0.4, -0.2) is 42.9 Å². The van der Waals surface area contributed by atoms with E-state index in [1.54, 1.807) is 29.2 Å². The van der Waals surface area contributed by atoms with E-state index in [1.165, 1.54) is 14.0 Å². The molecular formula is C17H24N2O4. The van der Waals surface area contributed by atoms with Gasteiger partial charge >= 0.3 is 5.97 Å². The maximum Gasteiger partial charge on any atom is 0.339 e. The number of carbonyl (C=O) groups is 3. The van der Waals surface area contributed by atoms with Crippen LogP contribution in [0.3, 0.4) is 0 Å². The molecular weight excluding hydrogens is 296 g/mol. The summed E-state index contributed by atoms with van der Waals surface area (Å²) in [5.41, 5.74) is 0.705. The maximum absolute atomic E-state index is 12.1. The Morgan fingerprint density at radius 1 is 1.22 bits per heavy atom. The van der Waals surface area contributed by atoms with Gasteiger partial charge in [0.25, 0.3) is 0 Å². The van der Waals surface area contributed by atoms with Gasteiger partial charge in [-0.1, -0.05) is 26.0 Å². The summed E-state index contributed by atoms with van der Waals surface area (Å²) in [6.07, 6.45) is 0.168. The summed E-state index contributed by atoms with van der Waals surface area (Å²) in [6.45, 7) is 6.49. The summed E-state index contributed by atoms with van der Waals surface area (Å²) >= 11 is 0. The number of esters is 1. The van der Waals surface area contributed by atoms with Crippen LogP contribution in [0, 0.1) is 5.92 Å². The molecule has 1 rings (SSSR count). The van der Waals surface area contributed by atoms with E-state index in [0.29, 0.717) is 30.3 Å². The minimum absolute atomic E-state index is 0.0542. The minimum Gasteiger partial charge on any atom is -0.465 e.